The Bertz CT molecular complexity index is 998. The average Bonchev–Trinajstić information content (AvgIpc) is 3.35. The molecule has 0 saturated carbocycles. The number of hydrogen-bond donors (Lipinski definition) is 1. The second-order valence-corrected chi connectivity index (χ2v) is 6.65. The van der Waals surface area contributed by atoms with Crippen molar-refractivity contribution in [2.45, 2.75) is 25.8 Å². The molecule has 5 nitrogen and oxygen atoms in total. The van der Waals surface area contributed by atoms with Crippen LogP contribution in [0.1, 0.15) is 30.7 Å². The summed E-state index contributed by atoms with van der Waals surface area (Å²) in [5, 5.41) is 2.97. The van der Waals surface area contributed by atoms with Crippen molar-refractivity contribution in [1.82, 2.24) is 5.32 Å². The first-order valence-electron chi connectivity index (χ1n) is 9.12. The van der Waals surface area contributed by atoms with Crippen LogP contribution in [0.15, 0.2) is 59.0 Å². The van der Waals surface area contributed by atoms with Crippen LogP contribution in [0.2, 0.25) is 0 Å². The summed E-state index contributed by atoms with van der Waals surface area (Å²) in [7, 11) is 0. The molecule has 1 aromatic heterocycles. The minimum Gasteiger partial charge on any atom is -0.461 e. The molecular weight excluding hydrogens is 361 g/mol. The Morgan fingerprint density at radius 2 is 1.93 bits per heavy atom. The molecule has 0 spiro atoms. The SMILES string of the molecule is CC(NC(=O)CCc1ccc(-c2ccccc2F)o1)c1ccc2c(c1)OCO2. The van der Waals surface area contributed by atoms with Crippen LogP contribution >= 0.6 is 0 Å². The molecule has 1 amide bonds. The highest BCUT2D eigenvalue weighted by molar-refractivity contribution is 5.76. The van der Waals surface area contributed by atoms with Crippen molar-refractivity contribution in [3.8, 4) is 22.8 Å². The minimum absolute atomic E-state index is 0.0889. The fourth-order valence-electron chi connectivity index (χ4n) is 3.13. The molecule has 0 radical (unpaired) electrons. The number of halogens is 1. The third-order valence-corrected chi connectivity index (χ3v) is 4.67. The van der Waals surface area contributed by atoms with Gasteiger partial charge in [-0.3, -0.25) is 4.79 Å². The van der Waals surface area contributed by atoms with E-state index in [1.54, 1.807) is 30.3 Å². The van der Waals surface area contributed by atoms with Crippen molar-refractivity contribution >= 4 is 5.91 Å². The van der Waals surface area contributed by atoms with Gasteiger partial charge in [0, 0.05) is 12.8 Å². The Morgan fingerprint density at radius 3 is 2.79 bits per heavy atom. The Kier molecular flexibility index (Phi) is 5.02. The van der Waals surface area contributed by atoms with Crippen LogP contribution in [0.5, 0.6) is 11.5 Å². The number of carbonyl (C=O) groups is 1. The van der Waals surface area contributed by atoms with Crippen molar-refractivity contribution in [3.05, 3.63) is 71.7 Å². The summed E-state index contributed by atoms with van der Waals surface area (Å²) in [5.41, 5.74) is 1.35. The second-order valence-electron chi connectivity index (χ2n) is 6.65. The lowest BCUT2D eigenvalue weighted by Gasteiger charge is -2.14. The molecule has 144 valence electrons. The summed E-state index contributed by atoms with van der Waals surface area (Å²) < 4.78 is 30.2. The molecule has 28 heavy (non-hydrogen) atoms. The first kappa shape index (κ1) is 18.1. The number of nitrogens with one attached hydrogen (secondary N) is 1. The predicted octanol–water partition coefficient (Wildman–Crippen LogP) is 4.62. The van der Waals surface area contributed by atoms with Gasteiger partial charge >= 0.3 is 0 Å². The van der Waals surface area contributed by atoms with Gasteiger partial charge in [0.1, 0.15) is 17.3 Å². The lowest BCUT2D eigenvalue weighted by Crippen LogP contribution is -2.26. The van der Waals surface area contributed by atoms with Crippen molar-refractivity contribution in [1.29, 1.82) is 0 Å². The zero-order valence-corrected chi connectivity index (χ0v) is 15.4. The predicted molar refractivity (Wildman–Crippen MR) is 102 cm³/mol. The van der Waals surface area contributed by atoms with Crippen molar-refractivity contribution in [2.24, 2.45) is 0 Å². The lowest BCUT2D eigenvalue weighted by atomic mass is 10.1. The molecule has 0 saturated heterocycles. The second kappa shape index (κ2) is 7.76. The topological polar surface area (TPSA) is 60.7 Å². The van der Waals surface area contributed by atoms with E-state index < -0.39 is 0 Å². The van der Waals surface area contributed by atoms with Gasteiger partial charge in [-0.05, 0) is 48.9 Å². The maximum absolute atomic E-state index is 13.8. The van der Waals surface area contributed by atoms with Crippen LogP contribution in [0.25, 0.3) is 11.3 Å². The summed E-state index contributed by atoms with van der Waals surface area (Å²) in [6.45, 7) is 2.14. The number of amides is 1. The third kappa shape index (κ3) is 3.86. The molecule has 1 unspecified atom stereocenters. The molecule has 0 fully saturated rings. The van der Waals surface area contributed by atoms with Gasteiger partial charge in [0.2, 0.25) is 12.7 Å². The lowest BCUT2D eigenvalue weighted by molar-refractivity contribution is -0.121. The summed E-state index contributed by atoms with van der Waals surface area (Å²) in [6, 6.07) is 15.4. The maximum atomic E-state index is 13.8. The number of benzene rings is 2. The number of aryl methyl sites for hydroxylation is 1. The number of ether oxygens (including phenoxy) is 2. The monoisotopic (exact) mass is 381 g/mol. The normalized spacial score (nSPS) is 13.4. The van der Waals surface area contributed by atoms with Crippen LogP contribution in [0, 0.1) is 5.82 Å². The Balaban J connectivity index is 1.33. The summed E-state index contributed by atoms with van der Waals surface area (Å²) in [6.07, 6.45) is 0.716. The van der Waals surface area contributed by atoms with E-state index in [1.165, 1.54) is 6.07 Å². The standard InChI is InChI=1S/C22H20FNO4/c1-14(15-6-9-20-21(12-15)27-13-26-20)24-22(25)11-8-16-7-10-19(28-16)17-4-2-3-5-18(17)23/h2-7,9-10,12,14H,8,11,13H2,1H3,(H,24,25). The molecule has 1 N–H and O–H groups in total. The van der Waals surface area contributed by atoms with Crippen molar-refractivity contribution < 1.29 is 23.1 Å². The molecule has 6 heteroatoms. The summed E-state index contributed by atoms with van der Waals surface area (Å²) >= 11 is 0. The van der Waals surface area contributed by atoms with Gasteiger partial charge in [-0.2, -0.15) is 0 Å². The molecule has 2 aromatic carbocycles. The van der Waals surface area contributed by atoms with Crippen LogP contribution in [0.3, 0.4) is 0 Å². The molecule has 1 aliphatic heterocycles. The number of carbonyl (C=O) groups excluding carboxylic acids is 1. The van der Waals surface area contributed by atoms with Gasteiger partial charge in [0.15, 0.2) is 11.5 Å². The van der Waals surface area contributed by atoms with Gasteiger partial charge in [0.05, 0.1) is 11.6 Å². The van der Waals surface area contributed by atoms with E-state index in [1.807, 2.05) is 25.1 Å². The molecule has 4 rings (SSSR count). The van der Waals surface area contributed by atoms with Gasteiger partial charge in [0.25, 0.3) is 0 Å². The average molecular weight is 381 g/mol. The van der Waals surface area contributed by atoms with Crippen LogP contribution in [0.4, 0.5) is 4.39 Å². The van der Waals surface area contributed by atoms with Gasteiger partial charge in [-0.25, -0.2) is 4.39 Å². The zero-order chi connectivity index (χ0) is 19.5. The molecule has 1 atom stereocenters. The first-order valence-corrected chi connectivity index (χ1v) is 9.12. The quantitative estimate of drug-likeness (QED) is 0.677. The smallest absolute Gasteiger partial charge is 0.231 e. The molecule has 0 bridgehead atoms. The summed E-state index contributed by atoms with van der Waals surface area (Å²) in [5.74, 6) is 2.08. The minimum atomic E-state index is -0.335. The third-order valence-electron chi connectivity index (χ3n) is 4.67. The zero-order valence-electron chi connectivity index (χ0n) is 15.4. The molecule has 1 aliphatic rings. The maximum Gasteiger partial charge on any atom is 0.231 e. The largest absolute Gasteiger partial charge is 0.461 e. The molecular formula is C22H20FNO4. The van der Waals surface area contributed by atoms with Crippen molar-refractivity contribution in [2.75, 3.05) is 6.79 Å². The van der Waals surface area contributed by atoms with E-state index in [-0.39, 0.29) is 31.0 Å². The Morgan fingerprint density at radius 1 is 1.11 bits per heavy atom. The van der Waals surface area contributed by atoms with E-state index in [2.05, 4.69) is 5.32 Å². The van der Waals surface area contributed by atoms with E-state index >= 15 is 0 Å². The number of hydrogen-bond acceptors (Lipinski definition) is 4. The summed E-state index contributed by atoms with van der Waals surface area (Å²) in [4.78, 5) is 12.3. The molecule has 3 aromatic rings. The number of furan rings is 1. The van der Waals surface area contributed by atoms with E-state index in [9.17, 15) is 9.18 Å². The highest BCUT2D eigenvalue weighted by Crippen LogP contribution is 2.34. The van der Waals surface area contributed by atoms with Crippen LogP contribution in [-0.4, -0.2) is 12.7 Å². The molecule has 0 aliphatic carbocycles. The highest BCUT2D eigenvalue weighted by Gasteiger charge is 2.17. The van der Waals surface area contributed by atoms with Crippen LogP contribution in [-0.2, 0) is 11.2 Å². The Labute approximate surface area is 162 Å². The van der Waals surface area contributed by atoms with E-state index in [0.29, 0.717) is 35.0 Å². The van der Waals surface area contributed by atoms with Gasteiger partial charge in [-0.15, -0.1) is 0 Å². The van der Waals surface area contributed by atoms with E-state index in [4.69, 9.17) is 13.9 Å². The van der Waals surface area contributed by atoms with E-state index in [0.717, 1.165) is 5.56 Å². The Hall–Kier alpha value is -3.28. The fourth-order valence-corrected chi connectivity index (χ4v) is 3.13. The van der Waals surface area contributed by atoms with Gasteiger partial charge in [-0.1, -0.05) is 18.2 Å². The highest BCUT2D eigenvalue weighted by atomic mass is 19.1. The first-order chi connectivity index (χ1) is 13.6. The number of fused-ring (bicyclic) bond motifs is 1. The number of rotatable bonds is 6. The van der Waals surface area contributed by atoms with Crippen molar-refractivity contribution in [3.63, 3.8) is 0 Å². The fraction of sp³-hybridized carbons (Fsp3) is 0.227. The van der Waals surface area contributed by atoms with Crippen LogP contribution < -0.4 is 14.8 Å². The van der Waals surface area contributed by atoms with Gasteiger partial charge < -0.3 is 19.2 Å². The molecule has 2 heterocycles.